The number of nitro groups is 1. The maximum absolute atomic E-state index is 11.5. The van der Waals surface area contributed by atoms with E-state index in [1.54, 1.807) is 0 Å². The van der Waals surface area contributed by atoms with Crippen LogP contribution in [0.1, 0.15) is 12.7 Å². The first-order chi connectivity index (χ1) is 8.31. The molecule has 0 radical (unpaired) electrons. The van der Waals surface area contributed by atoms with E-state index in [0.717, 1.165) is 6.20 Å². The van der Waals surface area contributed by atoms with E-state index in [9.17, 15) is 19.7 Å². The molecule has 1 aromatic rings. The maximum Gasteiger partial charge on any atom is 0.381 e. The van der Waals surface area contributed by atoms with Crippen LogP contribution >= 0.6 is 0 Å². The van der Waals surface area contributed by atoms with E-state index in [0.29, 0.717) is 5.82 Å². The van der Waals surface area contributed by atoms with Gasteiger partial charge in [0, 0.05) is 6.92 Å². The van der Waals surface area contributed by atoms with Gasteiger partial charge < -0.3 is 20.5 Å². The fraction of sp³-hybridized carbons (Fsp3) is 0.444. The highest BCUT2D eigenvalue weighted by Crippen LogP contribution is 2.09. The summed E-state index contributed by atoms with van der Waals surface area (Å²) in [6, 6.07) is -1.02. The van der Waals surface area contributed by atoms with E-state index in [1.807, 2.05) is 0 Å². The second kappa shape index (κ2) is 5.25. The molecule has 1 aromatic heterocycles. The van der Waals surface area contributed by atoms with Crippen LogP contribution in [0.15, 0.2) is 6.20 Å². The average molecular weight is 256 g/mol. The second-order valence-corrected chi connectivity index (χ2v) is 3.66. The van der Waals surface area contributed by atoms with Gasteiger partial charge in [0.1, 0.15) is 18.8 Å². The molecule has 1 rings (SSSR count). The number of aryl methyl sites for hydroxylation is 1. The first kappa shape index (κ1) is 13.6. The van der Waals surface area contributed by atoms with E-state index in [1.165, 1.54) is 18.4 Å². The standard InChI is InChI=1S/C9H12N4O5/c1-5(9(15)16)10-8(14)4-12-3-7(13(17)18)11-6(12)2/h3,5H,4H2,1-2H3,(H,10,14)(H,15,16)/t5-/m1/s1. The minimum Gasteiger partial charge on any atom is -0.480 e. The van der Waals surface area contributed by atoms with Crippen LogP contribution in [0.4, 0.5) is 5.82 Å². The zero-order valence-corrected chi connectivity index (χ0v) is 9.78. The third kappa shape index (κ3) is 3.27. The topological polar surface area (TPSA) is 127 Å². The third-order valence-electron chi connectivity index (χ3n) is 2.21. The van der Waals surface area contributed by atoms with Crippen molar-refractivity contribution in [2.75, 3.05) is 0 Å². The number of carbonyl (C=O) groups is 2. The minimum atomic E-state index is -1.16. The van der Waals surface area contributed by atoms with Crippen LogP contribution in [0.3, 0.4) is 0 Å². The Hall–Kier alpha value is -2.45. The summed E-state index contributed by atoms with van der Waals surface area (Å²) in [7, 11) is 0. The number of amides is 1. The number of carboxylic acids is 1. The Morgan fingerprint density at radius 1 is 1.67 bits per heavy atom. The van der Waals surface area contributed by atoms with Crippen LogP contribution in [0.2, 0.25) is 0 Å². The summed E-state index contributed by atoms with van der Waals surface area (Å²) in [4.78, 5) is 35.4. The Balaban J connectivity index is 2.70. The normalized spacial score (nSPS) is 11.9. The molecule has 0 saturated carbocycles. The number of aromatic nitrogens is 2. The molecule has 0 saturated heterocycles. The molecular formula is C9H12N4O5. The molecular weight excluding hydrogens is 244 g/mol. The van der Waals surface area contributed by atoms with Crippen LogP contribution in [-0.4, -0.2) is 37.5 Å². The molecule has 9 nitrogen and oxygen atoms in total. The van der Waals surface area contributed by atoms with Crippen molar-refractivity contribution < 1.29 is 19.6 Å². The van der Waals surface area contributed by atoms with Crippen molar-refractivity contribution in [3.05, 3.63) is 22.1 Å². The van der Waals surface area contributed by atoms with Crippen molar-refractivity contribution in [3.8, 4) is 0 Å². The molecule has 1 heterocycles. The fourth-order valence-corrected chi connectivity index (χ4v) is 1.24. The van der Waals surface area contributed by atoms with Crippen LogP contribution in [-0.2, 0) is 16.1 Å². The van der Waals surface area contributed by atoms with Gasteiger partial charge in [-0.1, -0.05) is 0 Å². The Bertz CT molecular complexity index is 495. The molecule has 0 unspecified atom stereocenters. The summed E-state index contributed by atoms with van der Waals surface area (Å²) >= 11 is 0. The van der Waals surface area contributed by atoms with Crippen LogP contribution in [0.25, 0.3) is 0 Å². The van der Waals surface area contributed by atoms with Gasteiger partial charge in [-0.2, -0.15) is 0 Å². The number of aliphatic carboxylic acids is 1. The molecule has 0 fully saturated rings. The molecule has 18 heavy (non-hydrogen) atoms. The van der Waals surface area contributed by atoms with Crippen molar-refractivity contribution in [1.29, 1.82) is 0 Å². The largest absolute Gasteiger partial charge is 0.480 e. The lowest BCUT2D eigenvalue weighted by Crippen LogP contribution is -2.40. The molecule has 0 bridgehead atoms. The SMILES string of the molecule is Cc1nc([N+](=O)[O-])cn1CC(=O)N[C@H](C)C(=O)O. The number of carbonyl (C=O) groups excluding carboxylic acids is 1. The van der Waals surface area contributed by atoms with Gasteiger partial charge in [0.2, 0.25) is 11.7 Å². The lowest BCUT2D eigenvalue weighted by Gasteiger charge is -2.09. The summed E-state index contributed by atoms with van der Waals surface area (Å²) in [6.07, 6.45) is 1.13. The zero-order valence-electron chi connectivity index (χ0n) is 9.78. The molecule has 1 amide bonds. The monoisotopic (exact) mass is 256 g/mol. The quantitative estimate of drug-likeness (QED) is 0.549. The lowest BCUT2D eigenvalue weighted by molar-refractivity contribution is -0.389. The predicted octanol–water partition coefficient (Wildman–Crippen LogP) is -0.311. The first-order valence-electron chi connectivity index (χ1n) is 5.01. The van der Waals surface area contributed by atoms with Crippen LogP contribution in [0, 0.1) is 17.0 Å². The predicted molar refractivity (Wildman–Crippen MR) is 58.9 cm³/mol. The smallest absolute Gasteiger partial charge is 0.381 e. The minimum absolute atomic E-state index is 0.218. The van der Waals surface area contributed by atoms with Gasteiger partial charge >= 0.3 is 11.8 Å². The molecule has 0 aliphatic rings. The zero-order chi connectivity index (χ0) is 13.9. The molecule has 0 spiro atoms. The summed E-state index contributed by atoms with van der Waals surface area (Å²) < 4.78 is 1.28. The first-order valence-corrected chi connectivity index (χ1v) is 5.01. The highest BCUT2D eigenvalue weighted by Gasteiger charge is 2.19. The summed E-state index contributed by atoms with van der Waals surface area (Å²) in [5, 5.41) is 21.3. The molecule has 2 N–H and O–H groups in total. The van der Waals surface area contributed by atoms with Crippen molar-refractivity contribution >= 4 is 17.7 Å². The molecule has 0 aliphatic heterocycles. The lowest BCUT2D eigenvalue weighted by atomic mass is 10.3. The number of imidazole rings is 1. The number of nitrogens with zero attached hydrogens (tertiary/aromatic N) is 3. The summed E-state index contributed by atoms with van der Waals surface area (Å²) in [5.74, 6) is -1.76. The van der Waals surface area contributed by atoms with E-state index >= 15 is 0 Å². The maximum atomic E-state index is 11.5. The molecule has 1 atom stereocenters. The van der Waals surface area contributed by atoms with Gasteiger partial charge in [-0.05, 0) is 16.8 Å². The van der Waals surface area contributed by atoms with Crippen molar-refractivity contribution in [2.24, 2.45) is 0 Å². The van der Waals surface area contributed by atoms with E-state index in [2.05, 4.69) is 10.3 Å². The highest BCUT2D eigenvalue weighted by molar-refractivity contribution is 5.83. The number of rotatable bonds is 5. The van der Waals surface area contributed by atoms with Gasteiger partial charge in [-0.15, -0.1) is 0 Å². The Morgan fingerprint density at radius 3 is 2.72 bits per heavy atom. The number of hydrogen-bond donors (Lipinski definition) is 2. The van der Waals surface area contributed by atoms with Crippen molar-refractivity contribution in [2.45, 2.75) is 26.4 Å². The van der Waals surface area contributed by atoms with Crippen molar-refractivity contribution in [1.82, 2.24) is 14.9 Å². The summed E-state index contributed by atoms with van der Waals surface area (Å²) in [5.41, 5.74) is 0. The highest BCUT2D eigenvalue weighted by atomic mass is 16.6. The van der Waals surface area contributed by atoms with Gasteiger partial charge in [0.25, 0.3) is 0 Å². The average Bonchev–Trinajstić information content (AvgIpc) is 2.60. The Morgan fingerprint density at radius 2 is 2.28 bits per heavy atom. The number of nitrogens with one attached hydrogen (secondary N) is 1. The van der Waals surface area contributed by atoms with Crippen molar-refractivity contribution in [3.63, 3.8) is 0 Å². The molecule has 98 valence electrons. The van der Waals surface area contributed by atoms with Gasteiger partial charge in [0.05, 0.1) is 0 Å². The Kier molecular flexibility index (Phi) is 3.97. The van der Waals surface area contributed by atoms with Gasteiger partial charge in [-0.3, -0.25) is 14.2 Å². The third-order valence-corrected chi connectivity index (χ3v) is 2.21. The van der Waals surface area contributed by atoms with E-state index in [4.69, 9.17) is 5.11 Å². The van der Waals surface area contributed by atoms with Crippen LogP contribution in [0.5, 0.6) is 0 Å². The summed E-state index contributed by atoms with van der Waals surface area (Å²) in [6.45, 7) is 2.62. The van der Waals surface area contributed by atoms with Gasteiger partial charge in [0.15, 0.2) is 0 Å². The molecule has 0 aliphatic carbocycles. The van der Waals surface area contributed by atoms with E-state index in [-0.39, 0.29) is 12.4 Å². The Labute approximate surface area is 102 Å². The van der Waals surface area contributed by atoms with Crippen LogP contribution < -0.4 is 5.32 Å². The van der Waals surface area contributed by atoms with Gasteiger partial charge in [-0.25, -0.2) is 0 Å². The molecule has 9 heteroatoms. The molecule has 0 aromatic carbocycles. The second-order valence-electron chi connectivity index (χ2n) is 3.66. The number of hydrogen-bond acceptors (Lipinski definition) is 5. The van der Waals surface area contributed by atoms with E-state index < -0.39 is 22.8 Å². The number of carboxylic acid groups (broad SMARTS) is 1. The fourth-order valence-electron chi connectivity index (χ4n) is 1.24.